The Balaban J connectivity index is 1.60. The molecule has 1 N–H and O–H groups in total. The Kier molecular flexibility index (Phi) is 5.41. The molecule has 29 heavy (non-hydrogen) atoms. The normalized spacial score (nSPS) is 11.3. The van der Waals surface area contributed by atoms with Crippen LogP contribution in [-0.4, -0.2) is 40.4 Å². The summed E-state index contributed by atoms with van der Waals surface area (Å²) in [7, 11) is 0. The van der Waals surface area contributed by atoms with E-state index < -0.39 is 0 Å². The van der Waals surface area contributed by atoms with Gasteiger partial charge in [-0.2, -0.15) is 5.10 Å². The van der Waals surface area contributed by atoms with Crippen LogP contribution in [0.3, 0.4) is 0 Å². The summed E-state index contributed by atoms with van der Waals surface area (Å²) >= 11 is 0. The summed E-state index contributed by atoms with van der Waals surface area (Å²) in [5.74, 6) is 2.85. The molecule has 4 rings (SSSR count). The summed E-state index contributed by atoms with van der Waals surface area (Å²) in [5.41, 5.74) is 4.18. The van der Waals surface area contributed by atoms with Crippen molar-refractivity contribution in [2.75, 3.05) is 0 Å². The van der Waals surface area contributed by atoms with Gasteiger partial charge in [0.1, 0.15) is 5.82 Å². The zero-order chi connectivity index (χ0) is 20.2. The second-order valence-corrected chi connectivity index (χ2v) is 7.31. The van der Waals surface area contributed by atoms with Gasteiger partial charge in [-0.25, -0.2) is 14.8 Å². The number of tetrazole rings is 1. The minimum Gasteiger partial charge on any atom is -0.264 e. The van der Waals surface area contributed by atoms with Crippen molar-refractivity contribution in [1.29, 1.82) is 0 Å². The molecule has 148 valence electrons. The minimum absolute atomic E-state index is 0.324. The molecule has 0 saturated carbocycles. The molecule has 0 aliphatic carbocycles. The van der Waals surface area contributed by atoms with Crippen LogP contribution in [0.1, 0.15) is 50.3 Å². The first-order valence-corrected chi connectivity index (χ1v) is 9.86. The van der Waals surface area contributed by atoms with Gasteiger partial charge in [0, 0.05) is 36.8 Å². The second-order valence-electron chi connectivity index (χ2n) is 7.31. The van der Waals surface area contributed by atoms with E-state index in [9.17, 15) is 0 Å². The van der Waals surface area contributed by atoms with Crippen molar-refractivity contribution in [3.8, 4) is 22.5 Å². The van der Waals surface area contributed by atoms with E-state index in [0.29, 0.717) is 11.7 Å². The van der Waals surface area contributed by atoms with E-state index in [0.717, 1.165) is 47.7 Å². The molecule has 0 spiro atoms. The number of aryl methyl sites for hydroxylation is 1. The number of aromatic amines is 1. The molecule has 0 bridgehead atoms. The maximum atomic E-state index is 4.77. The molecular formula is C21H24N8. The van der Waals surface area contributed by atoms with Gasteiger partial charge in [-0.3, -0.25) is 4.98 Å². The average Bonchev–Trinajstić information content (AvgIpc) is 3.40. The average molecular weight is 388 g/mol. The Hall–Kier alpha value is -3.42. The highest BCUT2D eigenvalue weighted by Crippen LogP contribution is 2.29. The molecule has 0 amide bonds. The van der Waals surface area contributed by atoms with Gasteiger partial charge in [0.05, 0.1) is 0 Å². The van der Waals surface area contributed by atoms with Crippen molar-refractivity contribution in [2.24, 2.45) is 0 Å². The van der Waals surface area contributed by atoms with E-state index in [1.165, 1.54) is 5.56 Å². The highest BCUT2D eigenvalue weighted by atomic mass is 15.5. The van der Waals surface area contributed by atoms with Crippen LogP contribution in [0.5, 0.6) is 0 Å². The van der Waals surface area contributed by atoms with Crippen LogP contribution in [-0.2, 0) is 13.0 Å². The van der Waals surface area contributed by atoms with Crippen molar-refractivity contribution >= 4 is 0 Å². The summed E-state index contributed by atoms with van der Waals surface area (Å²) in [6.45, 7) is 7.30. The van der Waals surface area contributed by atoms with Gasteiger partial charge in [0.2, 0.25) is 0 Å². The zero-order valence-corrected chi connectivity index (χ0v) is 16.9. The Morgan fingerprint density at radius 2 is 1.90 bits per heavy atom. The maximum Gasteiger partial charge on any atom is 0.181 e. The summed E-state index contributed by atoms with van der Waals surface area (Å²) in [5, 5.41) is 18.8. The van der Waals surface area contributed by atoms with Gasteiger partial charge in [0.15, 0.2) is 11.6 Å². The van der Waals surface area contributed by atoms with E-state index in [-0.39, 0.29) is 0 Å². The largest absolute Gasteiger partial charge is 0.264 e. The molecule has 8 nitrogen and oxygen atoms in total. The first-order valence-electron chi connectivity index (χ1n) is 9.86. The second kappa shape index (κ2) is 8.30. The van der Waals surface area contributed by atoms with Gasteiger partial charge in [-0.15, -0.1) is 5.10 Å². The van der Waals surface area contributed by atoms with E-state index >= 15 is 0 Å². The van der Waals surface area contributed by atoms with E-state index in [1.54, 1.807) is 12.4 Å². The number of hydrogen-bond donors (Lipinski definition) is 1. The predicted molar refractivity (Wildman–Crippen MR) is 110 cm³/mol. The van der Waals surface area contributed by atoms with E-state index in [2.05, 4.69) is 75.7 Å². The van der Waals surface area contributed by atoms with E-state index in [4.69, 9.17) is 4.98 Å². The highest BCUT2D eigenvalue weighted by molar-refractivity contribution is 5.79. The van der Waals surface area contributed by atoms with Crippen LogP contribution in [0, 0.1) is 0 Å². The number of benzene rings is 1. The van der Waals surface area contributed by atoms with Crippen LogP contribution in [0.4, 0.5) is 0 Å². The van der Waals surface area contributed by atoms with Gasteiger partial charge in [-0.1, -0.05) is 45.0 Å². The lowest BCUT2D eigenvalue weighted by atomic mass is 9.99. The molecule has 3 heterocycles. The molecule has 0 fully saturated rings. The number of nitrogens with one attached hydrogen (secondary N) is 1. The van der Waals surface area contributed by atoms with Gasteiger partial charge in [-0.05, 0) is 39.6 Å². The maximum absolute atomic E-state index is 4.77. The summed E-state index contributed by atoms with van der Waals surface area (Å²) in [6.07, 6.45) is 5.34. The molecule has 0 aliphatic rings. The summed E-state index contributed by atoms with van der Waals surface area (Å²) in [4.78, 5) is 8.98. The standard InChI is InChI=1S/C21H24N8/c1-4-11-29-19(23-20(26-29)14(2)3)12-15-5-7-16(8-6-15)17-9-10-22-13-18(17)21-24-27-28-25-21/h5-10,13-14H,4,11-12H2,1-3H3,(H,24,25,27,28). The molecule has 0 atom stereocenters. The topological polar surface area (TPSA) is 98.1 Å². The predicted octanol–water partition coefficient (Wildman–Crippen LogP) is 3.64. The third-order valence-corrected chi connectivity index (χ3v) is 4.77. The first-order chi connectivity index (χ1) is 14.2. The Morgan fingerprint density at radius 3 is 2.59 bits per heavy atom. The van der Waals surface area contributed by atoms with E-state index in [1.807, 2.05) is 10.7 Å². The lowest BCUT2D eigenvalue weighted by Gasteiger charge is -2.08. The van der Waals surface area contributed by atoms with Crippen LogP contribution >= 0.6 is 0 Å². The minimum atomic E-state index is 0.324. The quantitative estimate of drug-likeness (QED) is 0.519. The lowest BCUT2D eigenvalue weighted by Crippen LogP contribution is -2.06. The smallest absolute Gasteiger partial charge is 0.181 e. The Bertz CT molecular complexity index is 1060. The number of pyridine rings is 1. The number of nitrogens with zero attached hydrogens (tertiary/aromatic N) is 7. The monoisotopic (exact) mass is 388 g/mol. The number of hydrogen-bond acceptors (Lipinski definition) is 6. The molecule has 0 aliphatic heterocycles. The van der Waals surface area contributed by atoms with Crippen molar-refractivity contribution < 1.29 is 0 Å². The lowest BCUT2D eigenvalue weighted by molar-refractivity contribution is 0.567. The molecule has 0 saturated heterocycles. The SMILES string of the molecule is CCCn1nc(C(C)C)nc1Cc1ccc(-c2ccncc2-c2nnn[nH]2)cc1. The van der Waals surface area contributed by atoms with Crippen LogP contribution < -0.4 is 0 Å². The fraction of sp³-hybridized carbons (Fsp3) is 0.333. The summed E-state index contributed by atoms with van der Waals surface area (Å²) < 4.78 is 2.04. The Morgan fingerprint density at radius 1 is 1.07 bits per heavy atom. The number of aromatic nitrogens is 8. The summed E-state index contributed by atoms with van der Waals surface area (Å²) in [6, 6.07) is 10.5. The molecular weight excluding hydrogens is 364 g/mol. The van der Waals surface area contributed by atoms with Crippen LogP contribution in [0.15, 0.2) is 42.7 Å². The third kappa shape index (κ3) is 4.06. The molecule has 8 heteroatoms. The fourth-order valence-electron chi connectivity index (χ4n) is 3.25. The van der Waals surface area contributed by atoms with Crippen molar-refractivity contribution in [1.82, 2.24) is 40.4 Å². The van der Waals surface area contributed by atoms with Gasteiger partial charge >= 0.3 is 0 Å². The molecule has 0 unspecified atom stereocenters. The fourth-order valence-corrected chi connectivity index (χ4v) is 3.25. The third-order valence-electron chi connectivity index (χ3n) is 4.77. The van der Waals surface area contributed by atoms with Crippen LogP contribution in [0.2, 0.25) is 0 Å². The van der Waals surface area contributed by atoms with Crippen molar-refractivity contribution in [2.45, 2.75) is 46.1 Å². The Labute approximate surface area is 169 Å². The zero-order valence-electron chi connectivity index (χ0n) is 16.9. The molecule has 0 radical (unpaired) electrons. The van der Waals surface area contributed by atoms with Crippen LogP contribution in [0.25, 0.3) is 22.5 Å². The number of rotatable bonds is 7. The molecule has 3 aromatic heterocycles. The molecule has 4 aromatic rings. The van der Waals surface area contributed by atoms with Crippen molar-refractivity contribution in [3.63, 3.8) is 0 Å². The number of H-pyrrole nitrogens is 1. The van der Waals surface area contributed by atoms with Gasteiger partial charge in [0.25, 0.3) is 0 Å². The van der Waals surface area contributed by atoms with Gasteiger partial charge < -0.3 is 0 Å². The van der Waals surface area contributed by atoms with Crippen molar-refractivity contribution in [3.05, 3.63) is 59.9 Å². The molecule has 1 aromatic carbocycles. The first kappa shape index (κ1) is 18.9. The highest BCUT2D eigenvalue weighted by Gasteiger charge is 2.14.